The minimum Gasteiger partial charge on any atom is -0.467 e. The number of amides is 1. The molecule has 0 atom stereocenters. The highest BCUT2D eigenvalue weighted by Gasteiger charge is 2.32. The van der Waals surface area contributed by atoms with Crippen LogP contribution >= 0.6 is 24.0 Å². The van der Waals surface area contributed by atoms with Crippen LogP contribution in [0.25, 0.3) is 6.08 Å². The van der Waals surface area contributed by atoms with Gasteiger partial charge in [-0.3, -0.25) is 9.69 Å². The van der Waals surface area contributed by atoms with Crippen molar-refractivity contribution >= 4 is 40.3 Å². The Balaban J connectivity index is 1.77. The second-order valence-corrected chi connectivity index (χ2v) is 6.82. The fourth-order valence-electron chi connectivity index (χ4n) is 2.26. The fourth-order valence-corrected chi connectivity index (χ4v) is 3.56. The summed E-state index contributed by atoms with van der Waals surface area (Å²) in [5.41, 5.74) is 2.11. The lowest BCUT2D eigenvalue weighted by molar-refractivity contribution is -0.122. The summed E-state index contributed by atoms with van der Waals surface area (Å²) in [6.07, 6.45) is 5.52. The number of carbonyl (C=O) groups is 1. The lowest BCUT2D eigenvalue weighted by Gasteiger charge is -2.11. The molecule has 0 spiro atoms. The lowest BCUT2D eigenvalue weighted by Crippen LogP contribution is -2.27. The average Bonchev–Trinajstić information content (AvgIpc) is 3.13. The van der Waals surface area contributed by atoms with Gasteiger partial charge in [-0.05, 0) is 36.3 Å². The first-order valence-electron chi connectivity index (χ1n) is 7.14. The van der Waals surface area contributed by atoms with Crippen LogP contribution < -0.4 is 0 Å². The molecule has 3 nitrogen and oxygen atoms in total. The van der Waals surface area contributed by atoms with Crippen molar-refractivity contribution in [3.05, 3.63) is 76.6 Å². The van der Waals surface area contributed by atoms with Gasteiger partial charge < -0.3 is 4.42 Å². The molecule has 1 aliphatic rings. The molecule has 116 valence electrons. The van der Waals surface area contributed by atoms with Gasteiger partial charge in [0.15, 0.2) is 0 Å². The SMILES string of the molecule is CC(=C/c1ccccc1)/C=C1/SC(=S)N(Cc2ccco2)C1=O. The molecule has 5 heteroatoms. The Hall–Kier alpha value is -2.11. The Bertz CT molecular complexity index is 777. The maximum Gasteiger partial charge on any atom is 0.266 e. The van der Waals surface area contributed by atoms with Gasteiger partial charge >= 0.3 is 0 Å². The smallest absolute Gasteiger partial charge is 0.266 e. The topological polar surface area (TPSA) is 33.5 Å². The fraction of sp³-hybridized carbons (Fsp3) is 0.111. The lowest BCUT2D eigenvalue weighted by atomic mass is 10.1. The first-order chi connectivity index (χ1) is 11.1. The quantitative estimate of drug-likeness (QED) is 0.600. The van der Waals surface area contributed by atoms with E-state index in [4.69, 9.17) is 16.6 Å². The Morgan fingerprint density at radius 1 is 1.26 bits per heavy atom. The van der Waals surface area contributed by atoms with Gasteiger partial charge in [0.2, 0.25) is 0 Å². The first-order valence-corrected chi connectivity index (χ1v) is 8.37. The van der Waals surface area contributed by atoms with Gasteiger partial charge in [0.05, 0.1) is 17.7 Å². The summed E-state index contributed by atoms with van der Waals surface area (Å²) in [6, 6.07) is 13.6. The number of benzene rings is 1. The third-order valence-corrected chi connectivity index (χ3v) is 4.70. The standard InChI is InChI=1S/C18H15NO2S2/c1-13(10-14-6-3-2-4-7-14)11-16-17(20)19(18(22)23-16)12-15-8-5-9-21-15/h2-11H,12H2,1H3/b13-10-,16-11+. The van der Waals surface area contributed by atoms with Crippen LogP contribution in [0.1, 0.15) is 18.2 Å². The highest BCUT2D eigenvalue weighted by molar-refractivity contribution is 8.26. The number of hydrogen-bond acceptors (Lipinski definition) is 4. The number of rotatable bonds is 4. The molecule has 1 aromatic carbocycles. The van der Waals surface area contributed by atoms with Crippen molar-refractivity contribution in [2.24, 2.45) is 0 Å². The van der Waals surface area contributed by atoms with Crippen molar-refractivity contribution in [1.82, 2.24) is 4.90 Å². The normalized spacial score (nSPS) is 17.3. The van der Waals surface area contributed by atoms with Gasteiger partial charge in [-0.25, -0.2) is 0 Å². The Kier molecular flexibility index (Phi) is 4.79. The maximum atomic E-state index is 12.5. The number of carbonyl (C=O) groups excluding carboxylic acids is 1. The van der Waals surface area contributed by atoms with E-state index in [0.717, 1.165) is 16.9 Å². The van der Waals surface area contributed by atoms with Crippen molar-refractivity contribution in [3.63, 3.8) is 0 Å². The molecule has 0 unspecified atom stereocenters. The van der Waals surface area contributed by atoms with Crippen molar-refractivity contribution in [1.29, 1.82) is 0 Å². The van der Waals surface area contributed by atoms with Crippen molar-refractivity contribution in [2.45, 2.75) is 13.5 Å². The van der Waals surface area contributed by atoms with Gasteiger partial charge in [-0.1, -0.05) is 60.4 Å². The van der Waals surface area contributed by atoms with Crippen molar-refractivity contribution in [2.75, 3.05) is 0 Å². The van der Waals surface area contributed by atoms with Gasteiger partial charge in [-0.2, -0.15) is 0 Å². The summed E-state index contributed by atoms with van der Waals surface area (Å²) in [5.74, 6) is 0.649. The van der Waals surface area contributed by atoms with Gasteiger partial charge in [-0.15, -0.1) is 0 Å². The molecular weight excluding hydrogens is 326 g/mol. The van der Waals surface area contributed by atoms with Crippen molar-refractivity contribution < 1.29 is 9.21 Å². The van der Waals surface area contributed by atoms with E-state index in [1.54, 1.807) is 17.2 Å². The van der Waals surface area contributed by atoms with Crippen LogP contribution in [0, 0.1) is 0 Å². The Morgan fingerprint density at radius 2 is 2.04 bits per heavy atom. The minimum absolute atomic E-state index is 0.0720. The average molecular weight is 341 g/mol. The molecular formula is C18H15NO2S2. The summed E-state index contributed by atoms with van der Waals surface area (Å²) in [5, 5.41) is 0. The number of allylic oxidation sites excluding steroid dienone is 2. The molecule has 1 fully saturated rings. The maximum absolute atomic E-state index is 12.5. The van der Waals surface area contributed by atoms with E-state index < -0.39 is 0 Å². The molecule has 1 amide bonds. The monoisotopic (exact) mass is 341 g/mol. The molecule has 2 aromatic rings. The zero-order chi connectivity index (χ0) is 16.2. The third-order valence-electron chi connectivity index (χ3n) is 3.32. The van der Waals surface area contributed by atoms with Crippen LogP contribution in [0.2, 0.25) is 0 Å². The molecule has 1 saturated heterocycles. The number of hydrogen-bond donors (Lipinski definition) is 0. The second-order valence-electron chi connectivity index (χ2n) is 5.15. The van der Waals surface area contributed by atoms with E-state index in [0.29, 0.717) is 15.8 Å². The first kappa shape index (κ1) is 15.8. The van der Waals surface area contributed by atoms with Gasteiger partial charge in [0.25, 0.3) is 5.91 Å². The molecule has 23 heavy (non-hydrogen) atoms. The molecule has 0 bridgehead atoms. The van der Waals surface area contributed by atoms with E-state index in [2.05, 4.69) is 0 Å². The van der Waals surface area contributed by atoms with E-state index in [1.807, 2.05) is 55.5 Å². The number of thiocarbonyl (C=S) groups is 1. The molecule has 0 N–H and O–H groups in total. The van der Waals surface area contributed by atoms with E-state index in [9.17, 15) is 4.79 Å². The molecule has 0 saturated carbocycles. The largest absolute Gasteiger partial charge is 0.467 e. The minimum atomic E-state index is -0.0720. The summed E-state index contributed by atoms with van der Waals surface area (Å²) < 4.78 is 5.85. The molecule has 1 aromatic heterocycles. The molecule has 2 heterocycles. The molecule has 0 radical (unpaired) electrons. The summed E-state index contributed by atoms with van der Waals surface area (Å²) in [4.78, 5) is 14.7. The molecule has 0 aliphatic carbocycles. The third kappa shape index (κ3) is 3.81. The second kappa shape index (κ2) is 6.98. The van der Waals surface area contributed by atoms with Crippen LogP contribution in [0.5, 0.6) is 0 Å². The van der Waals surface area contributed by atoms with Crippen LogP contribution in [0.4, 0.5) is 0 Å². The molecule has 1 aliphatic heterocycles. The Labute approximate surface area is 144 Å². The van der Waals surface area contributed by atoms with E-state index in [-0.39, 0.29) is 5.91 Å². The van der Waals surface area contributed by atoms with E-state index in [1.165, 1.54) is 11.8 Å². The summed E-state index contributed by atoms with van der Waals surface area (Å²) in [6.45, 7) is 2.35. The van der Waals surface area contributed by atoms with E-state index >= 15 is 0 Å². The Morgan fingerprint density at radius 3 is 2.74 bits per heavy atom. The van der Waals surface area contributed by atoms with Crippen LogP contribution in [-0.2, 0) is 11.3 Å². The van der Waals surface area contributed by atoms with Gasteiger partial charge in [0, 0.05) is 0 Å². The van der Waals surface area contributed by atoms with Crippen LogP contribution in [-0.4, -0.2) is 15.1 Å². The zero-order valence-electron chi connectivity index (χ0n) is 12.6. The molecule has 3 rings (SSSR count). The van der Waals surface area contributed by atoms with Crippen molar-refractivity contribution in [3.8, 4) is 0 Å². The zero-order valence-corrected chi connectivity index (χ0v) is 14.2. The van der Waals surface area contributed by atoms with Crippen LogP contribution in [0.15, 0.2) is 69.7 Å². The highest BCUT2D eigenvalue weighted by atomic mass is 32.2. The van der Waals surface area contributed by atoms with Crippen LogP contribution in [0.3, 0.4) is 0 Å². The number of nitrogens with zero attached hydrogens (tertiary/aromatic N) is 1. The van der Waals surface area contributed by atoms with Gasteiger partial charge in [0.1, 0.15) is 10.1 Å². The summed E-state index contributed by atoms with van der Waals surface area (Å²) >= 11 is 6.65. The highest BCUT2D eigenvalue weighted by Crippen LogP contribution is 2.33. The number of thioether (sulfide) groups is 1. The number of furan rings is 1. The summed E-state index contributed by atoms with van der Waals surface area (Å²) in [7, 11) is 0. The predicted molar refractivity (Wildman–Crippen MR) is 97.6 cm³/mol. The predicted octanol–water partition coefficient (Wildman–Crippen LogP) is 4.63.